The standard InChI is InChI=1S/C17H16IN3O2S/c1-2-12-14(18)13-15(19-9-20-16(13)24-12)21-11(17(22)23)8-10-6-4-3-5-7-10/h3-7,9,11H,2,8H2,1H3,(H,22,23)(H,19,20,21)/t11-/m1/s1. The minimum absolute atomic E-state index is 0.392. The van der Waals surface area contributed by atoms with E-state index in [0.717, 1.165) is 25.8 Å². The molecule has 0 spiro atoms. The van der Waals surface area contributed by atoms with Crippen LogP contribution in [0.4, 0.5) is 5.82 Å². The molecule has 0 aliphatic rings. The van der Waals surface area contributed by atoms with Crippen LogP contribution in [-0.4, -0.2) is 27.1 Å². The smallest absolute Gasteiger partial charge is 0.326 e. The summed E-state index contributed by atoms with van der Waals surface area (Å²) in [4.78, 5) is 22.4. The molecule has 0 fully saturated rings. The molecule has 0 bridgehead atoms. The van der Waals surface area contributed by atoms with Crippen molar-refractivity contribution in [2.24, 2.45) is 0 Å². The number of anilines is 1. The molecule has 124 valence electrons. The fourth-order valence-electron chi connectivity index (χ4n) is 2.50. The number of rotatable bonds is 6. The molecule has 0 unspecified atom stereocenters. The zero-order valence-electron chi connectivity index (χ0n) is 13.0. The zero-order valence-corrected chi connectivity index (χ0v) is 16.0. The number of benzene rings is 1. The van der Waals surface area contributed by atoms with Crippen molar-refractivity contribution in [2.75, 3.05) is 5.32 Å². The lowest BCUT2D eigenvalue weighted by Gasteiger charge is -2.16. The van der Waals surface area contributed by atoms with Crippen LogP contribution in [0.3, 0.4) is 0 Å². The van der Waals surface area contributed by atoms with Crippen LogP contribution in [0.5, 0.6) is 0 Å². The molecule has 2 N–H and O–H groups in total. The van der Waals surface area contributed by atoms with Crippen molar-refractivity contribution in [3.63, 3.8) is 0 Å². The lowest BCUT2D eigenvalue weighted by molar-refractivity contribution is -0.137. The summed E-state index contributed by atoms with van der Waals surface area (Å²) in [6.45, 7) is 2.10. The second-order valence-electron chi connectivity index (χ2n) is 5.32. The van der Waals surface area contributed by atoms with Crippen molar-refractivity contribution < 1.29 is 9.90 Å². The Balaban J connectivity index is 1.94. The number of thiophene rings is 1. The van der Waals surface area contributed by atoms with Crippen LogP contribution < -0.4 is 5.32 Å². The Bertz CT molecular complexity index is 867. The van der Waals surface area contributed by atoms with E-state index in [1.165, 1.54) is 11.2 Å². The Kier molecular flexibility index (Phi) is 5.30. The highest BCUT2D eigenvalue weighted by Crippen LogP contribution is 2.35. The highest BCUT2D eigenvalue weighted by Gasteiger charge is 2.21. The van der Waals surface area contributed by atoms with Crippen LogP contribution in [0, 0.1) is 3.57 Å². The van der Waals surface area contributed by atoms with Crippen molar-refractivity contribution in [1.29, 1.82) is 0 Å². The van der Waals surface area contributed by atoms with Gasteiger partial charge in [0.2, 0.25) is 0 Å². The molecule has 7 heteroatoms. The molecule has 0 saturated heterocycles. The first kappa shape index (κ1) is 17.1. The monoisotopic (exact) mass is 453 g/mol. The maximum absolute atomic E-state index is 11.7. The summed E-state index contributed by atoms with van der Waals surface area (Å²) in [6, 6.07) is 8.85. The van der Waals surface area contributed by atoms with Gasteiger partial charge in [0.15, 0.2) is 0 Å². The normalized spacial score (nSPS) is 12.2. The number of aliphatic carboxylic acids is 1. The van der Waals surface area contributed by atoms with Gasteiger partial charge in [0.05, 0.1) is 5.39 Å². The predicted octanol–water partition coefficient (Wildman–Crippen LogP) is 3.97. The zero-order chi connectivity index (χ0) is 17.1. The van der Waals surface area contributed by atoms with Crippen LogP contribution in [0.2, 0.25) is 0 Å². The quantitative estimate of drug-likeness (QED) is 0.553. The van der Waals surface area contributed by atoms with Crippen LogP contribution in [0.25, 0.3) is 10.2 Å². The highest BCUT2D eigenvalue weighted by atomic mass is 127. The number of hydrogen-bond acceptors (Lipinski definition) is 5. The summed E-state index contributed by atoms with van der Waals surface area (Å²) in [5.41, 5.74) is 0.969. The van der Waals surface area contributed by atoms with Gasteiger partial charge in [0.25, 0.3) is 0 Å². The summed E-state index contributed by atoms with van der Waals surface area (Å²) in [5.74, 6) is -0.310. The fourth-order valence-corrected chi connectivity index (χ4v) is 4.87. The maximum atomic E-state index is 11.7. The molecule has 0 radical (unpaired) electrons. The van der Waals surface area contributed by atoms with Crippen LogP contribution in [0.1, 0.15) is 17.4 Å². The molecule has 0 amide bonds. The van der Waals surface area contributed by atoms with Crippen LogP contribution in [0.15, 0.2) is 36.7 Å². The number of nitrogens with one attached hydrogen (secondary N) is 1. The summed E-state index contributed by atoms with van der Waals surface area (Å²) in [5, 5.41) is 13.6. The minimum atomic E-state index is -0.897. The molecule has 0 aliphatic heterocycles. The largest absolute Gasteiger partial charge is 0.480 e. The summed E-state index contributed by atoms with van der Waals surface area (Å²) in [6.07, 6.45) is 2.80. The van der Waals surface area contributed by atoms with Gasteiger partial charge in [-0.3, -0.25) is 0 Å². The van der Waals surface area contributed by atoms with Gasteiger partial charge in [-0.1, -0.05) is 37.3 Å². The van der Waals surface area contributed by atoms with Crippen molar-refractivity contribution in [3.8, 4) is 0 Å². The van der Waals surface area contributed by atoms with E-state index in [9.17, 15) is 9.90 Å². The van der Waals surface area contributed by atoms with E-state index in [1.54, 1.807) is 11.3 Å². The summed E-state index contributed by atoms with van der Waals surface area (Å²) in [7, 11) is 0. The van der Waals surface area contributed by atoms with Crippen LogP contribution in [-0.2, 0) is 17.6 Å². The number of carboxylic acids is 1. The lowest BCUT2D eigenvalue weighted by Crippen LogP contribution is -2.32. The molecule has 5 nitrogen and oxygen atoms in total. The number of carbonyl (C=O) groups is 1. The van der Waals surface area contributed by atoms with E-state index >= 15 is 0 Å². The Labute approximate surface area is 157 Å². The molecular formula is C17H16IN3O2S. The number of halogens is 1. The van der Waals surface area contributed by atoms with Gasteiger partial charge >= 0.3 is 5.97 Å². The minimum Gasteiger partial charge on any atom is -0.480 e. The third-order valence-corrected chi connectivity index (χ3v) is 6.51. The van der Waals surface area contributed by atoms with Gasteiger partial charge in [-0.15, -0.1) is 11.3 Å². The number of fused-ring (bicyclic) bond motifs is 1. The Morgan fingerprint density at radius 1 is 1.33 bits per heavy atom. The molecule has 3 rings (SSSR count). The van der Waals surface area contributed by atoms with E-state index in [2.05, 4.69) is 44.8 Å². The molecular weight excluding hydrogens is 437 g/mol. The molecule has 24 heavy (non-hydrogen) atoms. The molecule has 2 heterocycles. The topological polar surface area (TPSA) is 75.1 Å². The number of carboxylic acid groups (broad SMARTS) is 1. The fraction of sp³-hybridized carbons (Fsp3) is 0.235. The first-order valence-electron chi connectivity index (χ1n) is 7.55. The Morgan fingerprint density at radius 2 is 2.08 bits per heavy atom. The first-order chi connectivity index (χ1) is 11.6. The highest BCUT2D eigenvalue weighted by molar-refractivity contribution is 14.1. The third-order valence-electron chi connectivity index (χ3n) is 3.71. The van der Waals surface area contributed by atoms with Gasteiger partial charge < -0.3 is 10.4 Å². The molecule has 3 aromatic rings. The molecule has 1 atom stereocenters. The lowest BCUT2D eigenvalue weighted by atomic mass is 10.1. The molecule has 0 aliphatic carbocycles. The summed E-state index contributed by atoms with van der Waals surface area (Å²) < 4.78 is 1.10. The van der Waals surface area contributed by atoms with E-state index in [4.69, 9.17) is 0 Å². The van der Waals surface area contributed by atoms with E-state index in [0.29, 0.717) is 12.2 Å². The number of nitrogens with zero attached hydrogens (tertiary/aromatic N) is 2. The van der Waals surface area contributed by atoms with E-state index < -0.39 is 12.0 Å². The Morgan fingerprint density at radius 3 is 2.75 bits per heavy atom. The molecule has 1 aromatic carbocycles. The molecule has 0 saturated carbocycles. The van der Waals surface area contributed by atoms with Crippen molar-refractivity contribution >= 4 is 55.9 Å². The Hall–Kier alpha value is -1.74. The van der Waals surface area contributed by atoms with Gasteiger partial charge in [0, 0.05) is 14.9 Å². The summed E-state index contributed by atoms with van der Waals surface area (Å²) >= 11 is 3.92. The van der Waals surface area contributed by atoms with E-state index in [-0.39, 0.29) is 0 Å². The van der Waals surface area contributed by atoms with Gasteiger partial charge in [-0.05, 0) is 34.6 Å². The van der Waals surface area contributed by atoms with Crippen LogP contribution >= 0.6 is 33.9 Å². The van der Waals surface area contributed by atoms with Gasteiger partial charge in [0.1, 0.15) is 23.0 Å². The van der Waals surface area contributed by atoms with Gasteiger partial charge in [-0.25, -0.2) is 14.8 Å². The first-order valence-corrected chi connectivity index (χ1v) is 9.44. The number of aromatic nitrogens is 2. The molecule has 2 aromatic heterocycles. The third kappa shape index (κ3) is 3.51. The average molecular weight is 453 g/mol. The second-order valence-corrected chi connectivity index (χ2v) is 7.48. The number of hydrogen-bond donors (Lipinski definition) is 2. The number of aryl methyl sites for hydroxylation is 1. The van der Waals surface area contributed by atoms with Crippen molar-refractivity contribution in [1.82, 2.24) is 9.97 Å². The van der Waals surface area contributed by atoms with Gasteiger partial charge in [-0.2, -0.15) is 0 Å². The van der Waals surface area contributed by atoms with Crippen molar-refractivity contribution in [3.05, 3.63) is 50.7 Å². The van der Waals surface area contributed by atoms with Crippen molar-refractivity contribution in [2.45, 2.75) is 25.8 Å². The SMILES string of the molecule is CCc1sc2ncnc(N[C@H](Cc3ccccc3)C(=O)O)c2c1I. The maximum Gasteiger partial charge on any atom is 0.326 e. The van der Waals surface area contributed by atoms with E-state index in [1.807, 2.05) is 30.3 Å². The predicted molar refractivity (Wildman–Crippen MR) is 105 cm³/mol. The second kappa shape index (κ2) is 7.43. The average Bonchev–Trinajstić information content (AvgIpc) is 2.92.